The number of nitrogens with one attached hydrogen (secondary N) is 2. The van der Waals surface area contributed by atoms with Crippen molar-refractivity contribution in [2.24, 2.45) is 5.73 Å². The third-order valence-electron chi connectivity index (χ3n) is 2.18. The fraction of sp³-hybridized carbons (Fsp3) is 0.600. The highest BCUT2D eigenvalue weighted by atomic mass is 35.5. The molecule has 1 amide bonds. The van der Waals surface area contributed by atoms with Crippen LogP contribution < -0.4 is 11.1 Å². The van der Waals surface area contributed by atoms with E-state index in [1.165, 1.54) is 0 Å². The summed E-state index contributed by atoms with van der Waals surface area (Å²) in [6.07, 6.45) is 0. The maximum Gasteiger partial charge on any atom is 0.272 e. The number of carbonyl (C=O) groups excluding carboxylic acids is 1. The van der Waals surface area contributed by atoms with Gasteiger partial charge in [0.05, 0.1) is 0 Å². The minimum atomic E-state index is -0.184. The van der Waals surface area contributed by atoms with Gasteiger partial charge in [-0.2, -0.15) is 5.10 Å². The number of halogens is 1. The molecule has 0 aromatic carbocycles. The highest BCUT2D eigenvalue weighted by Crippen LogP contribution is 2.11. The first-order valence-corrected chi connectivity index (χ1v) is 5.10. The van der Waals surface area contributed by atoms with Crippen LogP contribution in [0.15, 0.2) is 6.07 Å². The smallest absolute Gasteiger partial charge is 0.272 e. The van der Waals surface area contributed by atoms with E-state index < -0.39 is 0 Å². The molecule has 0 spiro atoms. The van der Waals surface area contributed by atoms with Crippen LogP contribution in [0.2, 0.25) is 0 Å². The van der Waals surface area contributed by atoms with Crippen molar-refractivity contribution >= 4 is 18.3 Å². The number of hydrogen-bond donors (Lipinski definition) is 3. The van der Waals surface area contributed by atoms with Gasteiger partial charge in [-0.05, 0) is 18.9 Å². The maximum atomic E-state index is 11.6. The number of amides is 1. The van der Waals surface area contributed by atoms with E-state index in [0.717, 1.165) is 5.69 Å². The van der Waals surface area contributed by atoms with Gasteiger partial charge in [0.2, 0.25) is 0 Å². The zero-order valence-electron chi connectivity index (χ0n) is 9.78. The molecule has 1 atom stereocenters. The van der Waals surface area contributed by atoms with Crippen LogP contribution in [0.5, 0.6) is 0 Å². The molecule has 0 aliphatic heterocycles. The van der Waals surface area contributed by atoms with Crippen molar-refractivity contribution in [1.29, 1.82) is 0 Å². The number of rotatable bonds is 4. The summed E-state index contributed by atoms with van der Waals surface area (Å²) in [5.41, 5.74) is 6.78. The van der Waals surface area contributed by atoms with Crippen LogP contribution in [0.4, 0.5) is 0 Å². The van der Waals surface area contributed by atoms with Gasteiger partial charge >= 0.3 is 0 Å². The number of carbonyl (C=O) groups is 1. The molecule has 0 aliphatic carbocycles. The summed E-state index contributed by atoms with van der Waals surface area (Å²) in [4.78, 5) is 11.6. The van der Waals surface area contributed by atoms with Crippen LogP contribution in [0.25, 0.3) is 0 Å². The molecule has 0 radical (unpaired) electrons. The van der Waals surface area contributed by atoms with Crippen molar-refractivity contribution < 1.29 is 4.79 Å². The summed E-state index contributed by atoms with van der Waals surface area (Å²) in [6.45, 7) is 6.36. The van der Waals surface area contributed by atoms with E-state index in [2.05, 4.69) is 15.5 Å². The number of H-pyrrole nitrogens is 1. The van der Waals surface area contributed by atoms with Crippen LogP contribution in [0.3, 0.4) is 0 Å². The van der Waals surface area contributed by atoms with E-state index >= 15 is 0 Å². The Morgan fingerprint density at radius 2 is 2.19 bits per heavy atom. The summed E-state index contributed by atoms with van der Waals surface area (Å²) in [5.74, 6) is 0.155. The molecular formula is C10H19ClN4O. The highest BCUT2D eigenvalue weighted by molar-refractivity contribution is 5.92. The Morgan fingerprint density at radius 3 is 2.62 bits per heavy atom. The van der Waals surface area contributed by atoms with E-state index in [9.17, 15) is 4.79 Å². The second-order valence-corrected chi connectivity index (χ2v) is 3.97. The molecule has 0 aliphatic rings. The lowest BCUT2D eigenvalue weighted by molar-refractivity contribution is 0.0936. The molecule has 0 bridgehead atoms. The second kappa shape index (κ2) is 6.50. The third-order valence-corrected chi connectivity index (χ3v) is 2.18. The topological polar surface area (TPSA) is 83.8 Å². The van der Waals surface area contributed by atoms with Crippen LogP contribution in [0.1, 0.15) is 42.9 Å². The van der Waals surface area contributed by atoms with Crippen molar-refractivity contribution in [3.8, 4) is 0 Å². The van der Waals surface area contributed by atoms with Gasteiger partial charge in [-0.1, -0.05) is 13.8 Å². The number of aromatic nitrogens is 2. The van der Waals surface area contributed by atoms with E-state index in [1.807, 2.05) is 20.8 Å². The largest absolute Gasteiger partial charge is 0.347 e. The first-order chi connectivity index (χ1) is 7.04. The molecule has 1 rings (SSSR count). The van der Waals surface area contributed by atoms with Gasteiger partial charge in [-0.25, -0.2) is 0 Å². The molecular weight excluding hydrogens is 228 g/mol. The monoisotopic (exact) mass is 246 g/mol. The van der Waals surface area contributed by atoms with Gasteiger partial charge in [0.15, 0.2) is 0 Å². The van der Waals surface area contributed by atoms with Crippen molar-refractivity contribution in [2.45, 2.75) is 32.7 Å². The number of nitrogens with two attached hydrogens (primary N) is 1. The summed E-state index contributed by atoms with van der Waals surface area (Å²) >= 11 is 0. The van der Waals surface area contributed by atoms with Crippen LogP contribution in [-0.4, -0.2) is 28.7 Å². The minimum Gasteiger partial charge on any atom is -0.347 e. The molecule has 0 fully saturated rings. The molecule has 6 heteroatoms. The van der Waals surface area contributed by atoms with Crippen molar-refractivity contribution in [1.82, 2.24) is 15.5 Å². The summed E-state index contributed by atoms with van der Waals surface area (Å²) < 4.78 is 0. The zero-order chi connectivity index (χ0) is 11.4. The Bertz CT molecular complexity index is 337. The Morgan fingerprint density at radius 1 is 1.56 bits per heavy atom. The lowest BCUT2D eigenvalue weighted by Crippen LogP contribution is -2.37. The second-order valence-electron chi connectivity index (χ2n) is 3.97. The van der Waals surface area contributed by atoms with Crippen molar-refractivity contribution in [2.75, 3.05) is 6.54 Å². The first kappa shape index (κ1) is 14.9. The molecule has 1 heterocycles. The molecule has 5 nitrogen and oxygen atoms in total. The van der Waals surface area contributed by atoms with Crippen LogP contribution in [-0.2, 0) is 0 Å². The molecule has 1 aromatic rings. The summed E-state index contributed by atoms with van der Waals surface area (Å²) in [7, 11) is 0. The third kappa shape index (κ3) is 3.83. The Kier molecular flexibility index (Phi) is 6.06. The predicted octanol–water partition coefficient (Wildman–Crippen LogP) is 1.03. The van der Waals surface area contributed by atoms with Crippen molar-refractivity contribution in [3.05, 3.63) is 17.5 Å². The van der Waals surface area contributed by atoms with E-state index in [4.69, 9.17) is 5.73 Å². The Labute approximate surface area is 102 Å². The van der Waals surface area contributed by atoms with E-state index in [-0.39, 0.29) is 24.4 Å². The van der Waals surface area contributed by atoms with E-state index in [0.29, 0.717) is 18.2 Å². The normalized spacial score (nSPS) is 12.1. The minimum absolute atomic E-state index is 0. The maximum absolute atomic E-state index is 11.6. The lowest BCUT2D eigenvalue weighted by atomic mass is 10.1. The lowest BCUT2D eigenvalue weighted by Gasteiger charge is -2.08. The van der Waals surface area contributed by atoms with Crippen molar-refractivity contribution in [3.63, 3.8) is 0 Å². The number of hydrogen-bond acceptors (Lipinski definition) is 3. The van der Waals surface area contributed by atoms with Gasteiger partial charge in [0, 0.05) is 18.3 Å². The van der Waals surface area contributed by atoms with E-state index in [1.54, 1.807) is 6.07 Å². The predicted molar refractivity (Wildman–Crippen MR) is 65.9 cm³/mol. The number of nitrogens with zero attached hydrogens (tertiary/aromatic N) is 1. The summed E-state index contributed by atoms with van der Waals surface area (Å²) in [6, 6.07) is 1.74. The standard InChI is InChI=1S/C10H18N4O.ClH/c1-6(2)8-4-9(14-13-8)10(15)12-7(3)5-11;/h4,6-7H,5,11H2,1-3H3,(H,12,15)(H,13,14);1H/t7-;/m0./s1. The molecule has 1 aromatic heterocycles. The Balaban J connectivity index is 0.00000225. The number of aromatic amines is 1. The van der Waals surface area contributed by atoms with Gasteiger partial charge < -0.3 is 11.1 Å². The summed E-state index contributed by atoms with van der Waals surface area (Å²) in [5, 5.41) is 9.53. The molecule has 0 saturated carbocycles. The molecule has 16 heavy (non-hydrogen) atoms. The molecule has 0 unspecified atom stereocenters. The van der Waals surface area contributed by atoms with Gasteiger partial charge in [-0.3, -0.25) is 9.89 Å². The average Bonchev–Trinajstić information content (AvgIpc) is 2.66. The zero-order valence-corrected chi connectivity index (χ0v) is 10.6. The molecule has 0 saturated heterocycles. The molecule has 92 valence electrons. The first-order valence-electron chi connectivity index (χ1n) is 5.10. The van der Waals surface area contributed by atoms with Gasteiger partial charge in [0.25, 0.3) is 5.91 Å². The quantitative estimate of drug-likeness (QED) is 0.742. The fourth-order valence-corrected chi connectivity index (χ4v) is 1.11. The van der Waals surface area contributed by atoms with Gasteiger partial charge in [0.1, 0.15) is 5.69 Å². The highest BCUT2D eigenvalue weighted by Gasteiger charge is 2.13. The Hall–Kier alpha value is -1.07. The molecule has 4 N–H and O–H groups in total. The SMILES string of the molecule is CC(C)c1cc(C(=O)N[C@@H](C)CN)n[nH]1.Cl. The van der Waals surface area contributed by atoms with Crippen LogP contribution in [0, 0.1) is 0 Å². The average molecular weight is 247 g/mol. The fourth-order valence-electron chi connectivity index (χ4n) is 1.11. The van der Waals surface area contributed by atoms with Gasteiger partial charge in [-0.15, -0.1) is 12.4 Å². The van der Waals surface area contributed by atoms with Crippen LogP contribution >= 0.6 is 12.4 Å².